The monoisotopic (exact) mass is 228 g/mol. The van der Waals surface area contributed by atoms with E-state index in [1.54, 1.807) is 7.11 Å². The third kappa shape index (κ3) is 5.28. The van der Waals surface area contributed by atoms with E-state index in [1.165, 1.54) is 25.8 Å². The van der Waals surface area contributed by atoms with Crippen molar-refractivity contribution in [1.29, 1.82) is 0 Å². The molecule has 0 saturated heterocycles. The molecule has 1 aliphatic rings. The van der Waals surface area contributed by atoms with Gasteiger partial charge in [-0.15, -0.1) is 0 Å². The lowest BCUT2D eigenvalue weighted by molar-refractivity contribution is 0.156. The molecule has 1 N–H and O–H groups in total. The van der Waals surface area contributed by atoms with Crippen LogP contribution in [0.5, 0.6) is 0 Å². The number of methoxy groups -OCH3 is 1. The first-order valence-corrected chi connectivity index (χ1v) is 6.57. The summed E-state index contributed by atoms with van der Waals surface area (Å²) in [6.45, 7) is 7.64. The molecule has 1 atom stereocenters. The van der Waals surface area contributed by atoms with Crippen molar-refractivity contribution in [3.8, 4) is 0 Å². The van der Waals surface area contributed by atoms with Crippen LogP contribution in [0.3, 0.4) is 0 Å². The van der Waals surface area contributed by atoms with Crippen LogP contribution in [0.25, 0.3) is 0 Å². The maximum atomic E-state index is 5.25. The summed E-state index contributed by atoms with van der Waals surface area (Å²) in [6, 6.07) is 1.24. The van der Waals surface area contributed by atoms with E-state index in [-0.39, 0.29) is 0 Å². The van der Waals surface area contributed by atoms with Crippen LogP contribution >= 0.6 is 0 Å². The van der Waals surface area contributed by atoms with Gasteiger partial charge in [0.05, 0.1) is 6.61 Å². The number of nitrogens with zero attached hydrogens (tertiary/aromatic N) is 1. The third-order valence-electron chi connectivity index (χ3n) is 3.51. The molecule has 96 valence electrons. The molecular formula is C13H28N2O. The zero-order valence-electron chi connectivity index (χ0n) is 11.3. The van der Waals surface area contributed by atoms with E-state index in [1.807, 2.05) is 0 Å². The van der Waals surface area contributed by atoms with Crippen LogP contribution in [0.1, 0.15) is 33.1 Å². The summed E-state index contributed by atoms with van der Waals surface area (Å²) < 4.78 is 5.25. The highest BCUT2D eigenvalue weighted by atomic mass is 16.5. The Morgan fingerprint density at radius 2 is 2.06 bits per heavy atom. The summed E-state index contributed by atoms with van der Waals surface area (Å²) >= 11 is 0. The fourth-order valence-corrected chi connectivity index (χ4v) is 1.91. The summed E-state index contributed by atoms with van der Waals surface area (Å²) in [5.74, 6) is 0.878. The van der Waals surface area contributed by atoms with E-state index in [4.69, 9.17) is 4.74 Å². The number of rotatable bonds is 9. The number of ether oxygens (including phenoxy) is 1. The standard InChI is InChI=1S/C13H28N2O/c1-11(2)15(3)9-5-8-14-13(10-16-4)12-6-7-12/h11-14H,5-10H2,1-4H3. The van der Waals surface area contributed by atoms with E-state index < -0.39 is 0 Å². The quantitative estimate of drug-likeness (QED) is 0.608. The number of nitrogens with one attached hydrogen (secondary N) is 1. The van der Waals surface area contributed by atoms with E-state index in [2.05, 4.69) is 31.1 Å². The average Bonchev–Trinajstić information content (AvgIpc) is 3.05. The van der Waals surface area contributed by atoms with Crippen molar-refractivity contribution in [2.24, 2.45) is 5.92 Å². The number of hydrogen-bond acceptors (Lipinski definition) is 3. The van der Waals surface area contributed by atoms with E-state index in [0.717, 1.165) is 19.1 Å². The smallest absolute Gasteiger partial charge is 0.0618 e. The molecule has 1 fully saturated rings. The molecule has 0 aromatic heterocycles. The van der Waals surface area contributed by atoms with Gasteiger partial charge in [0.2, 0.25) is 0 Å². The Labute approximate surface area is 101 Å². The Bertz CT molecular complexity index is 181. The van der Waals surface area contributed by atoms with Gasteiger partial charge in [-0.2, -0.15) is 0 Å². The van der Waals surface area contributed by atoms with E-state index in [9.17, 15) is 0 Å². The summed E-state index contributed by atoms with van der Waals surface area (Å²) in [6.07, 6.45) is 3.99. The predicted octanol–water partition coefficient (Wildman–Crippen LogP) is 1.73. The normalized spacial score (nSPS) is 18.4. The lowest BCUT2D eigenvalue weighted by Gasteiger charge is -2.22. The van der Waals surface area contributed by atoms with Crippen LogP contribution in [-0.2, 0) is 4.74 Å². The molecule has 16 heavy (non-hydrogen) atoms. The zero-order chi connectivity index (χ0) is 12.0. The van der Waals surface area contributed by atoms with Crippen molar-refractivity contribution in [2.45, 2.75) is 45.2 Å². The Balaban J connectivity index is 2.04. The molecule has 1 unspecified atom stereocenters. The van der Waals surface area contributed by atoms with Crippen molar-refractivity contribution in [1.82, 2.24) is 10.2 Å². The van der Waals surface area contributed by atoms with Crippen molar-refractivity contribution in [3.05, 3.63) is 0 Å². The van der Waals surface area contributed by atoms with Gasteiger partial charge < -0.3 is 15.0 Å². The Kier molecular flexibility index (Phi) is 6.32. The molecule has 0 aliphatic heterocycles. The van der Waals surface area contributed by atoms with Gasteiger partial charge in [0.25, 0.3) is 0 Å². The summed E-state index contributed by atoms with van der Waals surface area (Å²) in [5.41, 5.74) is 0. The maximum Gasteiger partial charge on any atom is 0.0618 e. The van der Waals surface area contributed by atoms with Gasteiger partial charge in [-0.1, -0.05) is 0 Å². The van der Waals surface area contributed by atoms with Crippen LogP contribution in [-0.4, -0.2) is 50.8 Å². The first-order valence-electron chi connectivity index (χ1n) is 6.57. The molecule has 0 radical (unpaired) electrons. The van der Waals surface area contributed by atoms with Crippen molar-refractivity contribution in [2.75, 3.05) is 33.9 Å². The van der Waals surface area contributed by atoms with Gasteiger partial charge in [0, 0.05) is 19.2 Å². The second kappa shape index (κ2) is 7.25. The lowest BCUT2D eigenvalue weighted by atomic mass is 10.2. The second-order valence-electron chi connectivity index (χ2n) is 5.28. The van der Waals surface area contributed by atoms with Crippen molar-refractivity contribution >= 4 is 0 Å². The Morgan fingerprint density at radius 1 is 1.38 bits per heavy atom. The minimum absolute atomic E-state index is 0.592. The fourth-order valence-electron chi connectivity index (χ4n) is 1.91. The van der Waals surface area contributed by atoms with Crippen LogP contribution in [0.15, 0.2) is 0 Å². The number of hydrogen-bond donors (Lipinski definition) is 1. The molecule has 3 heteroatoms. The molecule has 0 bridgehead atoms. The fraction of sp³-hybridized carbons (Fsp3) is 1.00. The van der Waals surface area contributed by atoms with Crippen LogP contribution < -0.4 is 5.32 Å². The average molecular weight is 228 g/mol. The van der Waals surface area contributed by atoms with Gasteiger partial charge in [-0.3, -0.25) is 0 Å². The largest absolute Gasteiger partial charge is 0.383 e. The van der Waals surface area contributed by atoms with Crippen molar-refractivity contribution in [3.63, 3.8) is 0 Å². The summed E-state index contributed by atoms with van der Waals surface area (Å²) in [5, 5.41) is 3.63. The van der Waals surface area contributed by atoms with Gasteiger partial charge in [0.15, 0.2) is 0 Å². The first kappa shape index (κ1) is 13.9. The lowest BCUT2D eigenvalue weighted by Crippen LogP contribution is -2.37. The molecule has 1 rings (SSSR count). The van der Waals surface area contributed by atoms with Gasteiger partial charge in [-0.05, 0) is 59.2 Å². The highest BCUT2D eigenvalue weighted by Crippen LogP contribution is 2.32. The minimum Gasteiger partial charge on any atom is -0.383 e. The van der Waals surface area contributed by atoms with E-state index >= 15 is 0 Å². The molecule has 0 heterocycles. The van der Waals surface area contributed by atoms with Gasteiger partial charge >= 0.3 is 0 Å². The molecular weight excluding hydrogens is 200 g/mol. The van der Waals surface area contributed by atoms with Gasteiger partial charge in [-0.25, -0.2) is 0 Å². The molecule has 0 aromatic rings. The molecule has 0 aromatic carbocycles. The third-order valence-corrected chi connectivity index (χ3v) is 3.51. The highest BCUT2D eigenvalue weighted by Gasteiger charge is 2.30. The first-order chi connectivity index (χ1) is 7.65. The Hall–Kier alpha value is -0.120. The minimum atomic E-state index is 0.592. The second-order valence-corrected chi connectivity index (χ2v) is 5.28. The molecule has 1 aliphatic carbocycles. The van der Waals surface area contributed by atoms with E-state index in [0.29, 0.717) is 12.1 Å². The maximum absolute atomic E-state index is 5.25. The molecule has 3 nitrogen and oxygen atoms in total. The van der Waals surface area contributed by atoms with Crippen LogP contribution in [0.2, 0.25) is 0 Å². The topological polar surface area (TPSA) is 24.5 Å². The van der Waals surface area contributed by atoms with Crippen LogP contribution in [0.4, 0.5) is 0 Å². The molecule has 0 spiro atoms. The van der Waals surface area contributed by atoms with Crippen molar-refractivity contribution < 1.29 is 4.74 Å². The highest BCUT2D eigenvalue weighted by molar-refractivity contribution is 4.86. The van der Waals surface area contributed by atoms with Gasteiger partial charge in [0.1, 0.15) is 0 Å². The predicted molar refractivity (Wildman–Crippen MR) is 68.8 cm³/mol. The molecule has 1 saturated carbocycles. The Morgan fingerprint density at radius 3 is 2.56 bits per heavy atom. The molecule has 0 amide bonds. The summed E-state index contributed by atoms with van der Waals surface area (Å²) in [4.78, 5) is 2.39. The van der Waals surface area contributed by atoms with Crippen LogP contribution in [0, 0.1) is 5.92 Å². The zero-order valence-corrected chi connectivity index (χ0v) is 11.3. The SMILES string of the molecule is COCC(NCCCN(C)C(C)C)C1CC1. The summed E-state index contributed by atoms with van der Waals surface area (Å²) in [7, 11) is 3.99.